The van der Waals surface area contributed by atoms with Crippen LogP contribution in [0.4, 0.5) is 0 Å². The Labute approximate surface area is 117 Å². The van der Waals surface area contributed by atoms with Crippen molar-refractivity contribution in [3.63, 3.8) is 0 Å². The first-order valence-electron chi connectivity index (χ1n) is 8.29. The van der Waals surface area contributed by atoms with E-state index in [1.807, 2.05) is 0 Å². The number of amides is 1. The monoisotopic (exact) mass is 264 g/mol. The number of nitrogens with one attached hydrogen (secondary N) is 1. The van der Waals surface area contributed by atoms with Gasteiger partial charge in [0.25, 0.3) is 0 Å². The highest BCUT2D eigenvalue weighted by Gasteiger charge is 2.39. The second-order valence-corrected chi connectivity index (χ2v) is 6.95. The number of rotatable bonds is 1. The summed E-state index contributed by atoms with van der Waals surface area (Å²) in [5, 5.41) is 3.36. The predicted molar refractivity (Wildman–Crippen MR) is 76.9 cm³/mol. The molecular weight excluding hydrogens is 236 g/mol. The van der Waals surface area contributed by atoms with Gasteiger partial charge in [-0.1, -0.05) is 19.3 Å². The zero-order valence-corrected chi connectivity index (χ0v) is 12.1. The molecule has 1 spiro atoms. The van der Waals surface area contributed by atoms with Gasteiger partial charge < -0.3 is 10.2 Å². The summed E-state index contributed by atoms with van der Waals surface area (Å²) in [6.45, 7) is 4.13. The lowest BCUT2D eigenvalue weighted by molar-refractivity contribution is -0.140. The van der Waals surface area contributed by atoms with Crippen molar-refractivity contribution < 1.29 is 4.79 Å². The van der Waals surface area contributed by atoms with E-state index in [1.165, 1.54) is 44.9 Å². The Hall–Kier alpha value is -0.570. The fourth-order valence-corrected chi connectivity index (χ4v) is 4.43. The Balaban J connectivity index is 1.62. The Morgan fingerprint density at radius 3 is 2.42 bits per heavy atom. The molecule has 3 heteroatoms. The second-order valence-electron chi connectivity index (χ2n) is 6.95. The molecule has 2 saturated heterocycles. The first kappa shape index (κ1) is 13.4. The lowest BCUT2D eigenvalue weighted by atomic mass is 9.69. The van der Waals surface area contributed by atoms with E-state index in [4.69, 9.17) is 0 Å². The van der Waals surface area contributed by atoms with Crippen molar-refractivity contribution >= 4 is 5.91 Å². The molecule has 1 amide bonds. The summed E-state index contributed by atoms with van der Waals surface area (Å²) in [7, 11) is 0. The highest BCUT2D eigenvalue weighted by Crippen LogP contribution is 2.43. The molecule has 0 atom stereocenters. The molecule has 1 saturated carbocycles. The summed E-state index contributed by atoms with van der Waals surface area (Å²) < 4.78 is 0. The minimum absolute atomic E-state index is 0.306. The van der Waals surface area contributed by atoms with Gasteiger partial charge in [0.15, 0.2) is 0 Å². The third kappa shape index (κ3) is 2.96. The van der Waals surface area contributed by atoms with Crippen LogP contribution < -0.4 is 5.32 Å². The van der Waals surface area contributed by atoms with E-state index in [1.54, 1.807) is 0 Å². The molecule has 3 rings (SSSR count). The number of likely N-dealkylation sites (tertiary alicyclic amines) is 1. The van der Waals surface area contributed by atoms with E-state index in [9.17, 15) is 4.79 Å². The largest absolute Gasteiger partial charge is 0.342 e. The molecule has 0 unspecified atom stereocenters. The first-order chi connectivity index (χ1) is 9.29. The molecule has 2 heterocycles. The number of piperidine rings is 2. The van der Waals surface area contributed by atoms with Gasteiger partial charge in [-0.3, -0.25) is 4.79 Å². The summed E-state index contributed by atoms with van der Waals surface area (Å²) >= 11 is 0. The van der Waals surface area contributed by atoms with Crippen LogP contribution in [-0.2, 0) is 4.79 Å². The molecule has 3 aliphatic rings. The molecule has 108 valence electrons. The number of hydrogen-bond donors (Lipinski definition) is 1. The van der Waals surface area contributed by atoms with Gasteiger partial charge in [-0.25, -0.2) is 0 Å². The maximum absolute atomic E-state index is 12.7. The van der Waals surface area contributed by atoms with E-state index in [2.05, 4.69) is 10.2 Å². The molecule has 19 heavy (non-hydrogen) atoms. The van der Waals surface area contributed by atoms with E-state index in [0.717, 1.165) is 39.0 Å². The minimum Gasteiger partial charge on any atom is -0.342 e. The lowest BCUT2D eigenvalue weighted by Gasteiger charge is -2.46. The van der Waals surface area contributed by atoms with Crippen LogP contribution in [0.1, 0.15) is 57.8 Å². The molecule has 3 nitrogen and oxygen atoms in total. The van der Waals surface area contributed by atoms with Crippen molar-refractivity contribution in [1.82, 2.24) is 10.2 Å². The average Bonchev–Trinajstić information content (AvgIpc) is 2.48. The van der Waals surface area contributed by atoms with Gasteiger partial charge in [-0.05, 0) is 57.0 Å². The van der Waals surface area contributed by atoms with Gasteiger partial charge >= 0.3 is 0 Å². The van der Waals surface area contributed by atoms with Gasteiger partial charge in [-0.15, -0.1) is 0 Å². The van der Waals surface area contributed by atoms with Crippen LogP contribution in [0, 0.1) is 11.3 Å². The summed E-state index contributed by atoms with van der Waals surface area (Å²) in [5.41, 5.74) is 0.499. The number of hydrogen-bond acceptors (Lipinski definition) is 2. The molecule has 1 aliphatic carbocycles. The van der Waals surface area contributed by atoms with Crippen LogP contribution >= 0.6 is 0 Å². The molecule has 0 aromatic heterocycles. The molecule has 2 aliphatic heterocycles. The standard InChI is InChI=1S/C16H28N2O/c19-15(14-5-10-17-11-6-14)18-12-4-9-16(13-18)7-2-1-3-8-16/h14,17H,1-13H2. The topological polar surface area (TPSA) is 32.3 Å². The number of carbonyl (C=O) groups excluding carboxylic acids is 1. The van der Waals surface area contributed by atoms with E-state index >= 15 is 0 Å². The predicted octanol–water partition coefficient (Wildman–Crippen LogP) is 2.56. The third-order valence-corrected chi connectivity index (χ3v) is 5.58. The molecule has 1 N–H and O–H groups in total. The van der Waals surface area contributed by atoms with Crippen molar-refractivity contribution in [3.8, 4) is 0 Å². The van der Waals surface area contributed by atoms with Crippen LogP contribution in [0.5, 0.6) is 0 Å². The van der Waals surface area contributed by atoms with Crippen molar-refractivity contribution in [2.75, 3.05) is 26.2 Å². The van der Waals surface area contributed by atoms with Crippen molar-refractivity contribution in [2.24, 2.45) is 11.3 Å². The van der Waals surface area contributed by atoms with E-state index in [0.29, 0.717) is 17.2 Å². The molecule has 0 aromatic carbocycles. The number of nitrogens with zero attached hydrogens (tertiary/aromatic N) is 1. The quantitative estimate of drug-likeness (QED) is 0.789. The maximum Gasteiger partial charge on any atom is 0.225 e. The summed E-state index contributed by atoms with van der Waals surface area (Å²) in [6.07, 6.45) is 11.6. The fraction of sp³-hybridized carbons (Fsp3) is 0.938. The normalized spacial score (nSPS) is 28.5. The van der Waals surface area contributed by atoms with Crippen LogP contribution in [0.25, 0.3) is 0 Å². The maximum atomic E-state index is 12.7. The third-order valence-electron chi connectivity index (χ3n) is 5.58. The molecule has 3 fully saturated rings. The van der Waals surface area contributed by atoms with Gasteiger partial charge in [0, 0.05) is 19.0 Å². The highest BCUT2D eigenvalue weighted by atomic mass is 16.2. The zero-order valence-electron chi connectivity index (χ0n) is 12.1. The smallest absolute Gasteiger partial charge is 0.225 e. The molecule has 0 radical (unpaired) electrons. The van der Waals surface area contributed by atoms with Crippen LogP contribution in [0.3, 0.4) is 0 Å². The van der Waals surface area contributed by atoms with Gasteiger partial charge in [0.2, 0.25) is 5.91 Å². The van der Waals surface area contributed by atoms with E-state index in [-0.39, 0.29) is 0 Å². The first-order valence-corrected chi connectivity index (χ1v) is 8.29. The molecule has 0 aromatic rings. The van der Waals surface area contributed by atoms with Crippen LogP contribution in [0.2, 0.25) is 0 Å². The second kappa shape index (κ2) is 5.82. The van der Waals surface area contributed by atoms with Crippen LogP contribution in [-0.4, -0.2) is 37.0 Å². The Morgan fingerprint density at radius 2 is 1.68 bits per heavy atom. The summed E-state index contributed by atoms with van der Waals surface area (Å²) in [4.78, 5) is 14.9. The summed E-state index contributed by atoms with van der Waals surface area (Å²) in [5.74, 6) is 0.770. The Kier molecular flexibility index (Phi) is 4.11. The summed E-state index contributed by atoms with van der Waals surface area (Å²) in [6, 6.07) is 0. The van der Waals surface area contributed by atoms with Gasteiger partial charge in [-0.2, -0.15) is 0 Å². The SMILES string of the molecule is O=C(C1CCNCC1)N1CCCC2(CCCCC2)C1. The Morgan fingerprint density at radius 1 is 1.00 bits per heavy atom. The lowest BCUT2D eigenvalue weighted by Crippen LogP contribution is -2.50. The molecular formula is C16H28N2O. The van der Waals surface area contributed by atoms with Gasteiger partial charge in [0.1, 0.15) is 0 Å². The average molecular weight is 264 g/mol. The zero-order chi connectivity index (χ0) is 13.1. The fourth-order valence-electron chi connectivity index (χ4n) is 4.43. The molecule has 0 bridgehead atoms. The highest BCUT2D eigenvalue weighted by molar-refractivity contribution is 5.79. The minimum atomic E-state index is 0.306. The van der Waals surface area contributed by atoms with Gasteiger partial charge in [0.05, 0.1) is 0 Å². The van der Waals surface area contributed by atoms with Crippen molar-refractivity contribution in [2.45, 2.75) is 57.8 Å². The van der Waals surface area contributed by atoms with Crippen molar-refractivity contribution in [3.05, 3.63) is 0 Å². The van der Waals surface area contributed by atoms with E-state index < -0.39 is 0 Å². The Bertz CT molecular complexity index is 311. The number of carbonyl (C=O) groups is 1. The van der Waals surface area contributed by atoms with Crippen molar-refractivity contribution in [1.29, 1.82) is 0 Å². The van der Waals surface area contributed by atoms with Crippen LogP contribution in [0.15, 0.2) is 0 Å².